The predicted octanol–water partition coefficient (Wildman–Crippen LogP) is 5.96. The summed E-state index contributed by atoms with van der Waals surface area (Å²) >= 11 is 8.50. The number of thioether (sulfide) groups is 1. The van der Waals surface area contributed by atoms with Crippen LogP contribution in [0.25, 0.3) is 5.57 Å². The molecule has 0 amide bonds. The first-order valence-electron chi connectivity index (χ1n) is 8.18. The maximum absolute atomic E-state index is 9.47. The number of halogens is 1. The summed E-state index contributed by atoms with van der Waals surface area (Å²) in [5, 5.41) is 12.3. The van der Waals surface area contributed by atoms with E-state index in [-0.39, 0.29) is 0 Å². The van der Waals surface area contributed by atoms with Crippen molar-refractivity contribution in [1.82, 2.24) is 9.88 Å². The second kappa shape index (κ2) is 12.6. The first kappa shape index (κ1) is 22.3. The summed E-state index contributed by atoms with van der Waals surface area (Å²) in [6.45, 7) is 8.96. The van der Waals surface area contributed by atoms with E-state index in [4.69, 9.17) is 11.6 Å². The van der Waals surface area contributed by atoms with Gasteiger partial charge >= 0.3 is 0 Å². The molecule has 0 saturated carbocycles. The van der Waals surface area contributed by atoms with Crippen molar-refractivity contribution in [3.05, 3.63) is 70.5 Å². The molecular weight excluding hydrogens is 386 g/mol. The summed E-state index contributed by atoms with van der Waals surface area (Å²) in [7, 11) is 1.78. The van der Waals surface area contributed by atoms with Crippen molar-refractivity contribution in [3.63, 3.8) is 0 Å². The highest BCUT2D eigenvalue weighted by Gasteiger charge is 2.23. The molecule has 0 aliphatic carbocycles. The average Bonchev–Trinajstić information content (AvgIpc) is 3.36. The summed E-state index contributed by atoms with van der Waals surface area (Å²) in [6.07, 6.45) is 2.79. The number of allylic oxidation sites excluding steroid dienone is 1. The fraction of sp³-hybridized carbons (Fsp3) is 0.263. The fourth-order valence-electron chi connectivity index (χ4n) is 2.12. The number of aliphatic imine (C=N–C) groups is 1. The van der Waals surface area contributed by atoms with Gasteiger partial charge in [0.15, 0.2) is 9.63 Å². The van der Waals surface area contributed by atoms with E-state index in [9.17, 15) is 5.11 Å². The van der Waals surface area contributed by atoms with Gasteiger partial charge in [0.05, 0.1) is 6.26 Å². The zero-order valence-electron chi connectivity index (χ0n) is 15.2. The Morgan fingerprint density at radius 2 is 2.04 bits per heavy atom. The van der Waals surface area contributed by atoms with E-state index in [1.807, 2.05) is 54.5 Å². The molecule has 3 rings (SSSR count). The third kappa shape index (κ3) is 6.52. The molecule has 0 atom stereocenters. The van der Waals surface area contributed by atoms with Crippen molar-refractivity contribution in [2.45, 2.75) is 13.8 Å². The monoisotopic (exact) mass is 409 g/mol. The van der Waals surface area contributed by atoms with E-state index in [1.165, 1.54) is 11.3 Å². The first-order valence-corrected chi connectivity index (χ1v) is 10.4. The molecule has 0 radical (unpaired) electrons. The molecule has 0 unspecified atom stereocenters. The minimum atomic E-state index is 0.606. The van der Waals surface area contributed by atoms with Crippen LogP contribution in [0.3, 0.4) is 0 Å². The van der Waals surface area contributed by atoms with E-state index in [0.29, 0.717) is 4.47 Å². The van der Waals surface area contributed by atoms with E-state index in [2.05, 4.69) is 16.6 Å². The van der Waals surface area contributed by atoms with Gasteiger partial charge in [-0.3, -0.25) is 4.99 Å². The first-order chi connectivity index (χ1) is 12.7. The SMILES string of the molecule is C=C(/C(=C/O)c1ccccc1)N1CCSC1=NC.CC.Clc1nccs1. The number of aliphatic hydroxyl groups is 1. The Bertz CT molecular complexity index is 716. The Morgan fingerprint density at radius 1 is 1.35 bits per heavy atom. The number of aliphatic hydroxyl groups excluding tert-OH is 1. The standard InChI is InChI=1S/C14H16N2OS.C3H2ClNS.C2H6/c1-11(16-8-9-18-14(16)15-2)13(10-17)12-6-4-3-5-7-12;4-3-5-1-2-6-3;1-2/h3-7,10,17H,1,8-9H2,2H3;1-2H;1-2H3/b13-10-,15-14?;;. The highest BCUT2D eigenvalue weighted by atomic mass is 35.5. The van der Waals surface area contributed by atoms with Crippen LogP contribution in [0.5, 0.6) is 0 Å². The van der Waals surface area contributed by atoms with Gasteiger partial charge in [0.2, 0.25) is 0 Å². The Hall–Kier alpha value is -1.76. The van der Waals surface area contributed by atoms with E-state index in [1.54, 1.807) is 25.0 Å². The molecule has 0 spiro atoms. The van der Waals surface area contributed by atoms with Crippen LogP contribution >= 0.6 is 34.7 Å². The molecule has 26 heavy (non-hydrogen) atoms. The van der Waals surface area contributed by atoms with Gasteiger partial charge in [0, 0.05) is 42.2 Å². The van der Waals surface area contributed by atoms with Gasteiger partial charge in [-0.25, -0.2) is 4.98 Å². The van der Waals surface area contributed by atoms with E-state index < -0.39 is 0 Å². The van der Waals surface area contributed by atoms with Gasteiger partial charge in [-0.05, 0) is 5.56 Å². The number of rotatable bonds is 3. The third-order valence-corrected chi connectivity index (χ3v) is 5.19. The average molecular weight is 410 g/mol. The normalized spacial score (nSPS) is 15.0. The van der Waals surface area contributed by atoms with Crippen LogP contribution in [-0.4, -0.2) is 39.5 Å². The van der Waals surface area contributed by atoms with Crippen LogP contribution in [0.4, 0.5) is 0 Å². The van der Waals surface area contributed by atoms with Crippen molar-refractivity contribution in [3.8, 4) is 0 Å². The van der Waals surface area contributed by atoms with Crippen LogP contribution in [0, 0.1) is 0 Å². The van der Waals surface area contributed by atoms with Gasteiger partial charge in [-0.1, -0.05) is 74.1 Å². The summed E-state index contributed by atoms with van der Waals surface area (Å²) in [6, 6.07) is 9.75. The fourth-order valence-corrected chi connectivity index (χ4v) is 3.63. The largest absolute Gasteiger partial charge is 0.515 e. The van der Waals surface area contributed by atoms with Crippen LogP contribution in [0.15, 0.2) is 65.4 Å². The molecule has 1 fully saturated rings. The number of amidine groups is 1. The van der Waals surface area contributed by atoms with Crippen molar-refractivity contribution < 1.29 is 5.11 Å². The molecule has 1 N–H and O–H groups in total. The lowest BCUT2D eigenvalue weighted by atomic mass is 10.0. The number of hydrogen-bond acceptors (Lipinski definition) is 5. The van der Waals surface area contributed by atoms with Crippen molar-refractivity contribution in [1.29, 1.82) is 0 Å². The molecule has 4 nitrogen and oxygen atoms in total. The Kier molecular flexibility index (Phi) is 10.8. The van der Waals surface area contributed by atoms with Crippen molar-refractivity contribution in [2.24, 2.45) is 4.99 Å². The Labute approximate surface area is 169 Å². The molecule has 0 bridgehead atoms. The summed E-state index contributed by atoms with van der Waals surface area (Å²) in [5.41, 5.74) is 2.48. The van der Waals surface area contributed by atoms with Gasteiger partial charge in [0.1, 0.15) is 0 Å². The quantitative estimate of drug-likeness (QED) is 0.502. The van der Waals surface area contributed by atoms with Crippen LogP contribution in [-0.2, 0) is 0 Å². The van der Waals surface area contributed by atoms with Crippen LogP contribution in [0.2, 0.25) is 4.47 Å². The van der Waals surface area contributed by atoms with Crippen molar-refractivity contribution in [2.75, 3.05) is 19.3 Å². The zero-order valence-corrected chi connectivity index (χ0v) is 17.6. The van der Waals surface area contributed by atoms with Crippen LogP contribution in [0.1, 0.15) is 19.4 Å². The lowest BCUT2D eigenvalue weighted by Crippen LogP contribution is -2.23. The highest BCUT2D eigenvalue weighted by Crippen LogP contribution is 2.30. The topological polar surface area (TPSA) is 48.7 Å². The summed E-state index contributed by atoms with van der Waals surface area (Å²) < 4.78 is 0.606. The molecule has 1 saturated heterocycles. The number of nitrogens with zero attached hydrogens (tertiary/aromatic N) is 3. The maximum atomic E-state index is 9.47. The molecule has 2 aromatic rings. The molecular formula is C19H24ClN3OS2. The lowest BCUT2D eigenvalue weighted by molar-refractivity contribution is 0.473. The smallest absolute Gasteiger partial charge is 0.183 e. The molecule has 1 aromatic heterocycles. The van der Waals surface area contributed by atoms with Gasteiger partial charge in [-0.15, -0.1) is 11.3 Å². The minimum absolute atomic E-state index is 0.606. The molecule has 2 heterocycles. The second-order valence-corrected chi connectivity index (χ2v) is 7.19. The predicted molar refractivity (Wildman–Crippen MR) is 117 cm³/mol. The zero-order chi connectivity index (χ0) is 19.4. The van der Waals surface area contributed by atoms with E-state index in [0.717, 1.165) is 40.6 Å². The Balaban J connectivity index is 0.000000353. The minimum Gasteiger partial charge on any atom is -0.515 e. The number of hydrogen-bond donors (Lipinski definition) is 1. The number of thiazole rings is 1. The summed E-state index contributed by atoms with van der Waals surface area (Å²) in [5.74, 6) is 0.999. The lowest BCUT2D eigenvalue weighted by Gasteiger charge is -2.22. The van der Waals surface area contributed by atoms with Crippen molar-refractivity contribution >= 4 is 45.4 Å². The van der Waals surface area contributed by atoms with Gasteiger partial charge in [-0.2, -0.15) is 0 Å². The van der Waals surface area contributed by atoms with Gasteiger partial charge in [0.25, 0.3) is 0 Å². The van der Waals surface area contributed by atoms with Crippen LogP contribution < -0.4 is 0 Å². The Morgan fingerprint density at radius 3 is 2.50 bits per heavy atom. The molecule has 140 valence electrons. The number of aromatic nitrogens is 1. The van der Waals surface area contributed by atoms with Gasteiger partial charge < -0.3 is 10.0 Å². The number of benzene rings is 1. The molecule has 1 aromatic carbocycles. The molecule has 7 heteroatoms. The summed E-state index contributed by atoms with van der Waals surface area (Å²) in [4.78, 5) is 9.98. The third-order valence-electron chi connectivity index (χ3n) is 3.22. The second-order valence-electron chi connectivity index (χ2n) is 4.65. The molecule has 1 aliphatic rings. The molecule has 1 aliphatic heterocycles. The maximum Gasteiger partial charge on any atom is 0.183 e. The van der Waals surface area contributed by atoms with E-state index >= 15 is 0 Å². The highest BCUT2D eigenvalue weighted by molar-refractivity contribution is 8.14.